The molecule has 1 aromatic heterocycles. The van der Waals surface area contributed by atoms with Crippen molar-refractivity contribution in [2.24, 2.45) is 5.73 Å². The zero-order valence-electron chi connectivity index (χ0n) is 12.2. The van der Waals surface area contributed by atoms with Crippen LogP contribution in [0.2, 0.25) is 0 Å². The van der Waals surface area contributed by atoms with E-state index in [0.717, 1.165) is 35.7 Å². The first kappa shape index (κ1) is 13.6. The first-order chi connectivity index (χ1) is 9.51. The topological polar surface area (TPSA) is 48.1 Å². The lowest BCUT2D eigenvalue weighted by Crippen LogP contribution is -2.36. The number of thiazole rings is 1. The summed E-state index contributed by atoms with van der Waals surface area (Å²) in [6, 6.07) is 6.25. The number of nitrogens with zero attached hydrogens (tertiary/aromatic N) is 1. The molecule has 1 unspecified atom stereocenters. The number of aromatic nitrogens is 1. The van der Waals surface area contributed by atoms with E-state index in [1.165, 1.54) is 16.0 Å². The van der Waals surface area contributed by atoms with Crippen LogP contribution in [0.15, 0.2) is 18.2 Å². The highest BCUT2D eigenvalue weighted by Gasteiger charge is 2.36. The maximum atomic E-state index is 6.70. The van der Waals surface area contributed by atoms with Crippen LogP contribution in [0.1, 0.15) is 33.1 Å². The van der Waals surface area contributed by atoms with E-state index in [0.29, 0.717) is 0 Å². The summed E-state index contributed by atoms with van der Waals surface area (Å²) in [6.45, 7) is 4.18. The van der Waals surface area contributed by atoms with Crippen LogP contribution in [0.25, 0.3) is 0 Å². The van der Waals surface area contributed by atoms with Crippen molar-refractivity contribution in [1.29, 1.82) is 0 Å². The molecule has 1 aliphatic carbocycles. The third kappa shape index (κ3) is 2.23. The zero-order valence-corrected chi connectivity index (χ0v) is 13.0. The predicted octanol–water partition coefficient (Wildman–Crippen LogP) is 3.11. The predicted molar refractivity (Wildman–Crippen MR) is 82.5 cm³/mol. The SMILES string of the molecule is COc1ccc2c(c1)C(N)(Cc1nc(C)c(C)s1)CC2. The fourth-order valence-corrected chi connectivity index (χ4v) is 3.98. The van der Waals surface area contributed by atoms with Gasteiger partial charge in [-0.05, 0) is 49.9 Å². The largest absolute Gasteiger partial charge is 0.497 e. The van der Waals surface area contributed by atoms with Crippen molar-refractivity contribution in [3.63, 3.8) is 0 Å². The van der Waals surface area contributed by atoms with Crippen molar-refractivity contribution in [1.82, 2.24) is 4.98 Å². The van der Waals surface area contributed by atoms with Gasteiger partial charge < -0.3 is 10.5 Å². The van der Waals surface area contributed by atoms with Crippen molar-refractivity contribution in [3.8, 4) is 5.75 Å². The average Bonchev–Trinajstić information content (AvgIpc) is 2.91. The van der Waals surface area contributed by atoms with E-state index in [4.69, 9.17) is 10.5 Å². The van der Waals surface area contributed by atoms with E-state index >= 15 is 0 Å². The van der Waals surface area contributed by atoms with Crippen LogP contribution in [0.3, 0.4) is 0 Å². The summed E-state index contributed by atoms with van der Waals surface area (Å²) in [5, 5.41) is 1.14. The average molecular weight is 288 g/mol. The van der Waals surface area contributed by atoms with Gasteiger partial charge in [-0.1, -0.05) is 6.07 Å². The van der Waals surface area contributed by atoms with Crippen molar-refractivity contribution < 1.29 is 4.74 Å². The molecule has 1 atom stereocenters. The maximum absolute atomic E-state index is 6.70. The minimum atomic E-state index is -0.305. The van der Waals surface area contributed by atoms with Gasteiger partial charge in [-0.2, -0.15) is 0 Å². The van der Waals surface area contributed by atoms with Crippen LogP contribution in [0, 0.1) is 13.8 Å². The molecule has 0 amide bonds. The Labute approximate surface area is 123 Å². The quantitative estimate of drug-likeness (QED) is 0.944. The van der Waals surface area contributed by atoms with E-state index in [9.17, 15) is 0 Å². The molecule has 0 saturated heterocycles. The van der Waals surface area contributed by atoms with Gasteiger partial charge in [-0.25, -0.2) is 4.98 Å². The van der Waals surface area contributed by atoms with Crippen molar-refractivity contribution in [3.05, 3.63) is 44.9 Å². The summed E-state index contributed by atoms with van der Waals surface area (Å²) in [4.78, 5) is 5.93. The Bertz CT molecular complexity index is 630. The third-order valence-corrected chi connectivity index (χ3v) is 5.31. The molecule has 3 nitrogen and oxygen atoms in total. The molecule has 1 heterocycles. The molecule has 0 spiro atoms. The van der Waals surface area contributed by atoms with Crippen LogP contribution >= 0.6 is 11.3 Å². The van der Waals surface area contributed by atoms with Crippen LogP contribution in [0.4, 0.5) is 0 Å². The minimum Gasteiger partial charge on any atom is -0.497 e. The number of benzene rings is 1. The first-order valence-electron chi connectivity index (χ1n) is 6.91. The van der Waals surface area contributed by atoms with Gasteiger partial charge >= 0.3 is 0 Å². The minimum absolute atomic E-state index is 0.305. The molecule has 0 radical (unpaired) electrons. The standard InChI is InChI=1S/C16H20N2OS/c1-10-11(2)20-15(18-10)9-16(17)7-6-12-4-5-13(19-3)8-14(12)16/h4-5,8H,6-7,9,17H2,1-3H3. The Balaban J connectivity index is 1.95. The molecule has 2 N–H and O–H groups in total. The number of aryl methyl sites for hydroxylation is 3. The molecule has 20 heavy (non-hydrogen) atoms. The lowest BCUT2D eigenvalue weighted by molar-refractivity contribution is 0.407. The van der Waals surface area contributed by atoms with Gasteiger partial charge in [-0.15, -0.1) is 11.3 Å². The highest BCUT2D eigenvalue weighted by molar-refractivity contribution is 7.11. The van der Waals surface area contributed by atoms with Gasteiger partial charge in [0.25, 0.3) is 0 Å². The molecule has 0 aliphatic heterocycles. The van der Waals surface area contributed by atoms with Crippen molar-refractivity contribution in [2.75, 3.05) is 7.11 Å². The molecule has 1 aromatic carbocycles. The summed E-state index contributed by atoms with van der Waals surface area (Å²) in [6.07, 6.45) is 2.83. The summed E-state index contributed by atoms with van der Waals surface area (Å²) in [7, 11) is 1.70. The fraction of sp³-hybridized carbons (Fsp3) is 0.438. The molecule has 0 bridgehead atoms. The van der Waals surface area contributed by atoms with Crippen molar-refractivity contribution >= 4 is 11.3 Å². The Kier molecular flexibility index (Phi) is 3.30. The third-order valence-electron chi connectivity index (χ3n) is 4.23. The molecule has 0 fully saturated rings. The highest BCUT2D eigenvalue weighted by Crippen LogP contribution is 2.39. The highest BCUT2D eigenvalue weighted by atomic mass is 32.1. The lowest BCUT2D eigenvalue weighted by Gasteiger charge is -2.24. The van der Waals surface area contributed by atoms with Crippen LogP contribution in [-0.2, 0) is 18.4 Å². The van der Waals surface area contributed by atoms with Gasteiger partial charge in [0.15, 0.2) is 0 Å². The second-order valence-electron chi connectivity index (χ2n) is 5.61. The van der Waals surface area contributed by atoms with E-state index < -0.39 is 0 Å². The molecule has 0 saturated carbocycles. The smallest absolute Gasteiger partial charge is 0.119 e. The molecule has 2 aromatic rings. The van der Waals surface area contributed by atoms with Crippen LogP contribution in [0.5, 0.6) is 5.75 Å². The van der Waals surface area contributed by atoms with Gasteiger partial charge in [0.1, 0.15) is 5.75 Å². The molecule has 1 aliphatic rings. The Morgan fingerprint density at radius 1 is 1.40 bits per heavy atom. The van der Waals surface area contributed by atoms with E-state index in [2.05, 4.69) is 31.0 Å². The Morgan fingerprint density at radius 2 is 2.20 bits per heavy atom. The molecule has 106 valence electrons. The maximum Gasteiger partial charge on any atom is 0.119 e. The Morgan fingerprint density at radius 3 is 2.85 bits per heavy atom. The lowest BCUT2D eigenvalue weighted by atomic mass is 9.89. The number of fused-ring (bicyclic) bond motifs is 1. The number of hydrogen-bond acceptors (Lipinski definition) is 4. The van der Waals surface area contributed by atoms with E-state index in [1.807, 2.05) is 6.07 Å². The monoisotopic (exact) mass is 288 g/mol. The van der Waals surface area contributed by atoms with Crippen molar-refractivity contribution in [2.45, 2.75) is 38.6 Å². The zero-order chi connectivity index (χ0) is 14.3. The summed E-state index contributed by atoms with van der Waals surface area (Å²) in [5.74, 6) is 0.881. The number of hydrogen-bond donors (Lipinski definition) is 1. The Hall–Kier alpha value is -1.39. The molecular weight excluding hydrogens is 268 g/mol. The van der Waals surface area contributed by atoms with E-state index in [1.54, 1.807) is 18.4 Å². The number of rotatable bonds is 3. The number of ether oxygens (including phenoxy) is 1. The van der Waals surface area contributed by atoms with E-state index in [-0.39, 0.29) is 5.54 Å². The summed E-state index contributed by atoms with van der Waals surface area (Å²) >= 11 is 1.76. The first-order valence-corrected chi connectivity index (χ1v) is 7.73. The number of nitrogens with two attached hydrogens (primary N) is 1. The normalized spacial score (nSPS) is 21.0. The summed E-state index contributed by atoms with van der Waals surface area (Å²) in [5.41, 5.74) is 10.1. The van der Waals surface area contributed by atoms with Gasteiger partial charge in [0, 0.05) is 16.8 Å². The number of methoxy groups -OCH3 is 1. The second kappa shape index (κ2) is 4.86. The summed E-state index contributed by atoms with van der Waals surface area (Å²) < 4.78 is 5.34. The molecule has 3 rings (SSSR count). The fourth-order valence-electron chi connectivity index (χ4n) is 2.92. The van der Waals surface area contributed by atoms with Crippen LogP contribution < -0.4 is 10.5 Å². The van der Waals surface area contributed by atoms with Gasteiger partial charge in [-0.3, -0.25) is 0 Å². The van der Waals surface area contributed by atoms with Gasteiger partial charge in [0.05, 0.1) is 17.8 Å². The molecule has 4 heteroatoms. The molecular formula is C16H20N2OS. The van der Waals surface area contributed by atoms with Crippen LogP contribution in [-0.4, -0.2) is 12.1 Å². The van der Waals surface area contributed by atoms with Gasteiger partial charge in [0.2, 0.25) is 0 Å². The second-order valence-corrected chi connectivity index (χ2v) is 6.89.